The number of benzene rings is 1. The van der Waals surface area contributed by atoms with Crippen LogP contribution in [0, 0.1) is 11.6 Å². The van der Waals surface area contributed by atoms with Crippen LogP contribution in [0.4, 0.5) is 8.78 Å². The zero-order valence-electron chi connectivity index (χ0n) is 6.25. The average molecular weight is 186 g/mol. The van der Waals surface area contributed by atoms with E-state index < -0.39 is 29.5 Å². The van der Waals surface area contributed by atoms with E-state index in [9.17, 15) is 13.6 Å². The molecule has 1 aromatic rings. The lowest BCUT2D eigenvalue weighted by atomic mass is 10.1. The second-order valence-corrected chi connectivity index (χ2v) is 2.61. The Morgan fingerprint density at radius 2 is 2.08 bits per heavy atom. The average Bonchev–Trinajstić information content (AvgIpc) is 2.27. The molecule has 3 nitrogen and oxygen atoms in total. The van der Waals surface area contributed by atoms with Crippen molar-refractivity contribution in [2.45, 2.75) is 6.29 Å². The van der Waals surface area contributed by atoms with Gasteiger partial charge in [-0.05, 0) is 6.07 Å². The maximum absolute atomic E-state index is 12.9. The first-order valence-electron chi connectivity index (χ1n) is 3.47. The number of hydrogen-bond acceptors (Lipinski definition) is 3. The summed E-state index contributed by atoms with van der Waals surface area (Å²) in [6.45, 7) is 0. The van der Waals surface area contributed by atoms with E-state index in [1.807, 2.05) is 0 Å². The standard InChI is InChI=1S/C8H4F2O3/c9-3-1-4-6(5(10)2-3)8(12)13-7(4)11/h1-2,7,11H. The van der Waals surface area contributed by atoms with Crippen molar-refractivity contribution < 1.29 is 23.4 Å². The minimum absolute atomic E-state index is 0.164. The van der Waals surface area contributed by atoms with Crippen LogP contribution in [-0.4, -0.2) is 11.1 Å². The van der Waals surface area contributed by atoms with Crippen molar-refractivity contribution in [2.75, 3.05) is 0 Å². The Labute approximate surface area is 71.6 Å². The van der Waals surface area contributed by atoms with E-state index >= 15 is 0 Å². The number of aliphatic hydroxyl groups excluding tert-OH is 1. The molecule has 2 rings (SSSR count). The highest BCUT2D eigenvalue weighted by atomic mass is 19.1. The number of rotatable bonds is 0. The third kappa shape index (κ3) is 1.08. The fraction of sp³-hybridized carbons (Fsp3) is 0.125. The molecule has 0 aromatic heterocycles. The van der Waals surface area contributed by atoms with Gasteiger partial charge in [0.25, 0.3) is 0 Å². The zero-order valence-corrected chi connectivity index (χ0v) is 6.25. The van der Waals surface area contributed by atoms with Gasteiger partial charge in [-0.15, -0.1) is 0 Å². The van der Waals surface area contributed by atoms with Gasteiger partial charge in [0.1, 0.15) is 17.2 Å². The second kappa shape index (κ2) is 2.50. The number of aliphatic hydroxyl groups is 1. The quantitative estimate of drug-likeness (QED) is 0.617. The molecule has 68 valence electrons. The summed E-state index contributed by atoms with van der Waals surface area (Å²) in [4.78, 5) is 10.9. The molecule has 1 unspecified atom stereocenters. The Balaban J connectivity index is 2.69. The monoisotopic (exact) mass is 186 g/mol. The van der Waals surface area contributed by atoms with Crippen molar-refractivity contribution in [1.82, 2.24) is 0 Å². The Morgan fingerprint density at radius 1 is 1.38 bits per heavy atom. The van der Waals surface area contributed by atoms with Gasteiger partial charge < -0.3 is 9.84 Å². The van der Waals surface area contributed by atoms with Gasteiger partial charge in [0.2, 0.25) is 6.29 Å². The van der Waals surface area contributed by atoms with Crippen molar-refractivity contribution in [3.63, 3.8) is 0 Å². The van der Waals surface area contributed by atoms with Gasteiger partial charge in [0.05, 0.1) is 0 Å². The van der Waals surface area contributed by atoms with Crippen LogP contribution in [0.25, 0.3) is 0 Å². The summed E-state index contributed by atoms with van der Waals surface area (Å²) in [7, 11) is 0. The number of hydrogen-bond donors (Lipinski definition) is 1. The Morgan fingerprint density at radius 3 is 2.77 bits per heavy atom. The number of ether oxygens (including phenoxy) is 1. The van der Waals surface area contributed by atoms with Crippen LogP contribution < -0.4 is 0 Å². The molecule has 0 saturated carbocycles. The maximum Gasteiger partial charge on any atom is 0.344 e. The number of cyclic esters (lactones) is 1. The molecule has 1 aliphatic rings. The summed E-state index contributed by atoms with van der Waals surface area (Å²) in [5.41, 5.74) is -0.559. The van der Waals surface area contributed by atoms with Crippen LogP contribution >= 0.6 is 0 Å². The van der Waals surface area contributed by atoms with E-state index in [4.69, 9.17) is 5.11 Å². The van der Waals surface area contributed by atoms with Crippen molar-refractivity contribution in [3.05, 3.63) is 34.9 Å². The molecule has 1 aromatic carbocycles. The Kier molecular flexibility index (Phi) is 1.56. The molecule has 5 heteroatoms. The lowest BCUT2D eigenvalue weighted by molar-refractivity contribution is -0.0549. The highest BCUT2D eigenvalue weighted by Crippen LogP contribution is 2.30. The molecule has 1 atom stereocenters. The molecule has 0 radical (unpaired) electrons. The van der Waals surface area contributed by atoms with E-state index in [1.165, 1.54) is 0 Å². The molecule has 0 bridgehead atoms. The first-order valence-corrected chi connectivity index (χ1v) is 3.47. The van der Waals surface area contributed by atoms with Crippen molar-refractivity contribution in [2.24, 2.45) is 0 Å². The summed E-state index contributed by atoms with van der Waals surface area (Å²) >= 11 is 0. The van der Waals surface area contributed by atoms with Gasteiger partial charge in [0.15, 0.2) is 0 Å². The minimum atomic E-state index is -1.56. The summed E-state index contributed by atoms with van der Waals surface area (Å²) in [5.74, 6) is -2.84. The van der Waals surface area contributed by atoms with E-state index in [0.29, 0.717) is 6.07 Å². The number of halogens is 2. The lowest BCUT2D eigenvalue weighted by Gasteiger charge is -2.00. The third-order valence-electron chi connectivity index (χ3n) is 1.77. The van der Waals surface area contributed by atoms with E-state index in [2.05, 4.69) is 4.74 Å². The number of carbonyl (C=O) groups excluding carboxylic acids is 1. The molecule has 0 spiro atoms. The minimum Gasteiger partial charge on any atom is -0.428 e. The molecule has 0 aliphatic carbocycles. The van der Waals surface area contributed by atoms with Crippen LogP contribution in [-0.2, 0) is 4.74 Å². The predicted molar refractivity (Wildman–Crippen MR) is 36.7 cm³/mol. The summed E-state index contributed by atoms with van der Waals surface area (Å²) in [6.07, 6.45) is -1.56. The van der Waals surface area contributed by atoms with E-state index in [-0.39, 0.29) is 5.56 Å². The van der Waals surface area contributed by atoms with Crippen LogP contribution in [0.15, 0.2) is 12.1 Å². The molecule has 0 saturated heterocycles. The molecule has 0 amide bonds. The van der Waals surface area contributed by atoms with Crippen LogP contribution in [0.3, 0.4) is 0 Å². The summed E-state index contributed by atoms with van der Waals surface area (Å²) in [5, 5.41) is 9.02. The molecule has 13 heavy (non-hydrogen) atoms. The van der Waals surface area contributed by atoms with Gasteiger partial charge in [0, 0.05) is 11.6 Å². The van der Waals surface area contributed by atoms with Gasteiger partial charge in [-0.1, -0.05) is 0 Å². The van der Waals surface area contributed by atoms with Crippen LogP contribution in [0.5, 0.6) is 0 Å². The molecular weight excluding hydrogens is 182 g/mol. The second-order valence-electron chi connectivity index (χ2n) is 2.61. The zero-order chi connectivity index (χ0) is 9.59. The van der Waals surface area contributed by atoms with Gasteiger partial charge >= 0.3 is 5.97 Å². The number of carbonyl (C=O) groups is 1. The molecule has 1 aliphatic heterocycles. The molecule has 1 N–H and O–H groups in total. The fourth-order valence-electron chi connectivity index (χ4n) is 1.23. The SMILES string of the molecule is O=C1OC(O)c2cc(F)cc(F)c21. The first kappa shape index (κ1) is 8.12. The maximum atomic E-state index is 12.9. The van der Waals surface area contributed by atoms with Gasteiger partial charge in [-0.25, -0.2) is 13.6 Å². The topological polar surface area (TPSA) is 46.5 Å². The van der Waals surface area contributed by atoms with Crippen LogP contribution in [0.2, 0.25) is 0 Å². The van der Waals surface area contributed by atoms with E-state index in [0.717, 1.165) is 6.07 Å². The molecule has 1 heterocycles. The number of esters is 1. The summed E-state index contributed by atoms with van der Waals surface area (Å²) in [6, 6.07) is 1.44. The number of fused-ring (bicyclic) bond motifs is 1. The fourth-order valence-corrected chi connectivity index (χ4v) is 1.23. The first-order chi connectivity index (χ1) is 6.09. The Bertz CT molecular complexity index is 389. The molecular formula is C8H4F2O3. The largest absolute Gasteiger partial charge is 0.428 e. The van der Waals surface area contributed by atoms with Crippen molar-refractivity contribution >= 4 is 5.97 Å². The normalized spacial score (nSPS) is 19.9. The third-order valence-corrected chi connectivity index (χ3v) is 1.77. The van der Waals surface area contributed by atoms with Crippen molar-refractivity contribution in [1.29, 1.82) is 0 Å². The molecule has 0 fully saturated rings. The van der Waals surface area contributed by atoms with E-state index in [1.54, 1.807) is 0 Å². The Hall–Kier alpha value is -1.49. The highest BCUT2D eigenvalue weighted by molar-refractivity contribution is 5.94. The van der Waals surface area contributed by atoms with Crippen molar-refractivity contribution in [3.8, 4) is 0 Å². The van der Waals surface area contributed by atoms with Gasteiger partial charge in [-0.2, -0.15) is 0 Å². The summed E-state index contributed by atoms with van der Waals surface area (Å²) < 4.78 is 29.8. The highest BCUT2D eigenvalue weighted by Gasteiger charge is 2.33. The smallest absolute Gasteiger partial charge is 0.344 e. The predicted octanol–water partition coefficient (Wildman–Crippen LogP) is 1.13. The lowest BCUT2D eigenvalue weighted by Crippen LogP contribution is -1.98. The van der Waals surface area contributed by atoms with Gasteiger partial charge in [-0.3, -0.25) is 0 Å². The van der Waals surface area contributed by atoms with Crippen LogP contribution in [0.1, 0.15) is 22.2 Å².